The van der Waals surface area contributed by atoms with Crippen LogP contribution in [0.1, 0.15) is 5.56 Å². The molecule has 164 valence electrons. The first kappa shape index (κ1) is 21.6. The van der Waals surface area contributed by atoms with Gasteiger partial charge in [-0.2, -0.15) is 0 Å². The van der Waals surface area contributed by atoms with Crippen LogP contribution in [0.2, 0.25) is 0 Å². The average molecular weight is 491 g/mol. The first-order valence-electron chi connectivity index (χ1n) is 10.1. The lowest BCUT2D eigenvalue weighted by atomic mass is 10.3. The van der Waals surface area contributed by atoms with Crippen molar-refractivity contribution >= 4 is 45.7 Å². The molecule has 0 saturated heterocycles. The van der Waals surface area contributed by atoms with Gasteiger partial charge in [-0.15, -0.1) is 0 Å². The van der Waals surface area contributed by atoms with Crippen molar-refractivity contribution in [1.29, 1.82) is 0 Å². The van der Waals surface area contributed by atoms with Crippen molar-refractivity contribution < 1.29 is 4.74 Å². The molecule has 0 unspecified atom stereocenters. The van der Waals surface area contributed by atoms with Crippen LogP contribution >= 0.6 is 35.3 Å². The Bertz CT molecular complexity index is 1540. The number of rotatable bonds is 6. The fourth-order valence-corrected chi connectivity index (χ4v) is 5.74. The first-order chi connectivity index (χ1) is 16.2. The minimum absolute atomic E-state index is 0.145. The highest BCUT2D eigenvalue weighted by Crippen LogP contribution is 2.31. The Kier molecular flexibility index (Phi) is 6.08. The molecule has 5 aromatic rings. The number of ether oxygens (including phenoxy) is 1. The molecular weight excluding hydrogens is 472 g/mol. The predicted octanol–water partition coefficient (Wildman–Crippen LogP) is 5.66. The van der Waals surface area contributed by atoms with Crippen molar-refractivity contribution in [3.8, 4) is 17.1 Å². The number of thioether (sulfide) groups is 1. The van der Waals surface area contributed by atoms with Crippen molar-refractivity contribution in [2.75, 3.05) is 7.11 Å². The van der Waals surface area contributed by atoms with Gasteiger partial charge in [-0.3, -0.25) is 18.9 Å². The zero-order valence-corrected chi connectivity index (χ0v) is 20.0. The van der Waals surface area contributed by atoms with Crippen molar-refractivity contribution in [1.82, 2.24) is 19.1 Å². The van der Waals surface area contributed by atoms with Gasteiger partial charge in [0.2, 0.25) is 0 Å². The molecule has 2 aromatic carbocycles. The lowest BCUT2D eigenvalue weighted by molar-refractivity contribution is 0.413. The molecule has 0 N–H and O–H groups in total. The molecule has 6 nitrogen and oxygen atoms in total. The van der Waals surface area contributed by atoms with Crippen molar-refractivity contribution in [3.63, 3.8) is 0 Å². The van der Waals surface area contributed by atoms with Crippen LogP contribution < -0.4 is 10.3 Å². The fraction of sp³-hybridized carbons (Fsp3) is 0.0833. The van der Waals surface area contributed by atoms with Crippen LogP contribution in [0.25, 0.3) is 21.7 Å². The lowest BCUT2D eigenvalue weighted by Gasteiger charge is -2.14. The number of aromatic nitrogens is 4. The molecule has 5 rings (SSSR count). The molecule has 0 aliphatic rings. The number of hydrogen-bond acceptors (Lipinski definition) is 7. The Labute approximate surface area is 203 Å². The Morgan fingerprint density at radius 2 is 1.73 bits per heavy atom. The maximum atomic E-state index is 13.7. The second-order valence-electron chi connectivity index (χ2n) is 7.04. The second kappa shape index (κ2) is 9.30. The molecule has 0 fully saturated rings. The molecular formula is C24H18N4O2S3. The van der Waals surface area contributed by atoms with E-state index in [9.17, 15) is 4.79 Å². The topological polar surface area (TPSA) is 61.9 Å². The molecule has 0 amide bonds. The normalized spacial score (nSPS) is 11.1. The number of thiazole rings is 1. The van der Waals surface area contributed by atoms with Crippen LogP contribution in [0.3, 0.4) is 0 Å². The molecule has 0 bridgehead atoms. The number of methoxy groups -OCH3 is 1. The third kappa shape index (κ3) is 4.10. The average Bonchev–Trinajstić information content (AvgIpc) is 3.20. The van der Waals surface area contributed by atoms with E-state index >= 15 is 0 Å². The number of pyridine rings is 1. The third-order valence-electron chi connectivity index (χ3n) is 5.03. The lowest BCUT2D eigenvalue weighted by Crippen LogP contribution is -2.21. The molecule has 33 heavy (non-hydrogen) atoms. The molecule has 3 heterocycles. The molecule has 0 radical (unpaired) electrons. The minimum Gasteiger partial charge on any atom is -0.495 e. The number of benzene rings is 2. The maximum absolute atomic E-state index is 13.7. The summed E-state index contributed by atoms with van der Waals surface area (Å²) in [6.07, 6.45) is 3.52. The molecule has 9 heteroatoms. The number of nitrogens with zero attached hydrogens (tertiary/aromatic N) is 4. The summed E-state index contributed by atoms with van der Waals surface area (Å²) in [6, 6.07) is 21.0. The Morgan fingerprint density at radius 3 is 2.48 bits per heavy atom. The second-order valence-corrected chi connectivity index (χ2v) is 9.63. The van der Waals surface area contributed by atoms with E-state index in [1.165, 1.54) is 23.1 Å². The van der Waals surface area contributed by atoms with E-state index in [4.69, 9.17) is 21.9 Å². The van der Waals surface area contributed by atoms with Gasteiger partial charge in [0, 0.05) is 18.1 Å². The van der Waals surface area contributed by atoms with Gasteiger partial charge in [0.25, 0.3) is 5.56 Å². The van der Waals surface area contributed by atoms with E-state index in [1.807, 2.05) is 71.3 Å². The van der Waals surface area contributed by atoms with Crippen LogP contribution in [0.4, 0.5) is 0 Å². The van der Waals surface area contributed by atoms with Crippen molar-refractivity contribution in [3.05, 3.63) is 99.0 Å². The predicted molar refractivity (Wildman–Crippen MR) is 136 cm³/mol. The highest BCUT2D eigenvalue weighted by atomic mass is 32.2. The molecule has 0 spiro atoms. The van der Waals surface area contributed by atoms with Gasteiger partial charge in [-0.05, 0) is 54.2 Å². The molecule has 3 aromatic heterocycles. The molecule has 0 saturated carbocycles. The molecule has 0 atom stereocenters. The van der Waals surface area contributed by atoms with Crippen molar-refractivity contribution in [2.24, 2.45) is 0 Å². The van der Waals surface area contributed by atoms with Crippen molar-refractivity contribution in [2.45, 2.75) is 10.9 Å². The largest absolute Gasteiger partial charge is 0.495 e. The fourth-order valence-electron chi connectivity index (χ4n) is 3.49. The SMILES string of the molecule is COc1ccccc1-n1c(=S)sc2c(=O)n(-c3ccccc3)c(SCc3ccncc3)nc21. The zero-order chi connectivity index (χ0) is 22.8. The van der Waals surface area contributed by atoms with Crippen LogP contribution in [0, 0.1) is 3.95 Å². The van der Waals surface area contributed by atoms with Gasteiger partial charge in [0.05, 0.1) is 18.5 Å². The van der Waals surface area contributed by atoms with Gasteiger partial charge in [-0.1, -0.05) is 53.4 Å². The summed E-state index contributed by atoms with van der Waals surface area (Å²) in [4.78, 5) is 22.8. The van der Waals surface area contributed by atoms with Crippen LogP contribution in [0.5, 0.6) is 5.75 Å². The van der Waals surface area contributed by atoms with E-state index in [0.29, 0.717) is 31.0 Å². The molecule has 0 aliphatic heterocycles. The van der Waals surface area contributed by atoms with E-state index in [1.54, 1.807) is 24.1 Å². The summed E-state index contributed by atoms with van der Waals surface area (Å²) >= 11 is 8.43. The van der Waals surface area contributed by atoms with Crippen LogP contribution in [-0.4, -0.2) is 26.2 Å². The smallest absolute Gasteiger partial charge is 0.278 e. The summed E-state index contributed by atoms with van der Waals surface area (Å²) in [5, 5.41) is 0.590. The van der Waals surface area contributed by atoms with Gasteiger partial charge >= 0.3 is 0 Å². The Morgan fingerprint density at radius 1 is 1.00 bits per heavy atom. The maximum Gasteiger partial charge on any atom is 0.278 e. The van der Waals surface area contributed by atoms with E-state index in [-0.39, 0.29) is 5.56 Å². The van der Waals surface area contributed by atoms with E-state index in [0.717, 1.165) is 16.9 Å². The van der Waals surface area contributed by atoms with Crippen LogP contribution in [-0.2, 0) is 5.75 Å². The third-order valence-corrected chi connectivity index (χ3v) is 7.40. The quantitative estimate of drug-likeness (QED) is 0.174. The summed E-state index contributed by atoms with van der Waals surface area (Å²) in [7, 11) is 1.61. The number of para-hydroxylation sites is 3. The van der Waals surface area contributed by atoms with Crippen LogP contribution in [0.15, 0.2) is 89.1 Å². The van der Waals surface area contributed by atoms with Gasteiger partial charge in [0.1, 0.15) is 10.4 Å². The monoisotopic (exact) mass is 490 g/mol. The number of fused-ring (bicyclic) bond motifs is 1. The van der Waals surface area contributed by atoms with E-state index < -0.39 is 0 Å². The number of hydrogen-bond donors (Lipinski definition) is 0. The van der Waals surface area contributed by atoms with Gasteiger partial charge in [0.15, 0.2) is 14.8 Å². The van der Waals surface area contributed by atoms with E-state index in [2.05, 4.69) is 4.98 Å². The zero-order valence-electron chi connectivity index (χ0n) is 17.5. The highest BCUT2D eigenvalue weighted by Gasteiger charge is 2.20. The first-order valence-corrected chi connectivity index (χ1v) is 12.3. The standard InChI is InChI=1S/C24H18N4O2S3/c1-30-19-10-6-5-9-18(19)28-21-20(33-24(28)31)22(29)27(17-7-3-2-4-8-17)23(26-21)32-15-16-11-13-25-14-12-16/h2-14H,15H2,1H3. The summed E-state index contributed by atoms with van der Waals surface area (Å²) in [5.41, 5.74) is 3.00. The minimum atomic E-state index is -0.145. The Hall–Kier alpha value is -3.27. The summed E-state index contributed by atoms with van der Waals surface area (Å²) < 4.78 is 10.1. The van der Waals surface area contributed by atoms with Gasteiger partial charge in [-0.25, -0.2) is 4.98 Å². The summed E-state index contributed by atoms with van der Waals surface area (Å²) in [5.74, 6) is 1.31. The van der Waals surface area contributed by atoms with Gasteiger partial charge < -0.3 is 4.74 Å². The molecule has 0 aliphatic carbocycles. The summed E-state index contributed by atoms with van der Waals surface area (Å²) in [6.45, 7) is 0. The Balaban J connectivity index is 1.75. The highest BCUT2D eigenvalue weighted by molar-refractivity contribution is 7.98.